The molecule has 0 saturated carbocycles. The highest BCUT2D eigenvalue weighted by Gasteiger charge is 2.42. The topological polar surface area (TPSA) is 49.9 Å². The van der Waals surface area contributed by atoms with Gasteiger partial charge in [-0.1, -0.05) is 37.5 Å². The first kappa shape index (κ1) is 15.5. The lowest BCUT2D eigenvalue weighted by Gasteiger charge is -2.44. The molecule has 3 heterocycles. The van der Waals surface area contributed by atoms with Gasteiger partial charge < -0.3 is 9.64 Å². The number of hydrogen-bond acceptors (Lipinski definition) is 4. The molecule has 3 aliphatic heterocycles. The van der Waals surface area contributed by atoms with Crippen LogP contribution in [0.2, 0.25) is 0 Å². The molecule has 2 fully saturated rings. The van der Waals surface area contributed by atoms with Crippen LogP contribution in [0.1, 0.15) is 37.7 Å². The first-order chi connectivity index (χ1) is 11.8. The fourth-order valence-electron chi connectivity index (χ4n) is 4.41. The second-order valence-electron chi connectivity index (χ2n) is 7.01. The molecule has 0 radical (unpaired) electrons. The molecule has 4 rings (SSSR count). The van der Waals surface area contributed by atoms with E-state index in [-0.39, 0.29) is 17.9 Å². The zero-order chi connectivity index (χ0) is 16.5. The van der Waals surface area contributed by atoms with Crippen LogP contribution in [-0.2, 0) is 16.0 Å². The smallest absolute Gasteiger partial charge is 0.416 e. The maximum atomic E-state index is 13.1. The Balaban J connectivity index is 1.68. The summed E-state index contributed by atoms with van der Waals surface area (Å²) in [5, 5.41) is 0. The van der Waals surface area contributed by atoms with Crippen LogP contribution in [0.4, 0.5) is 10.5 Å². The van der Waals surface area contributed by atoms with E-state index in [0.717, 1.165) is 32.2 Å². The van der Waals surface area contributed by atoms with Gasteiger partial charge in [-0.25, -0.2) is 9.69 Å². The van der Waals surface area contributed by atoms with E-state index in [9.17, 15) is 9.59 Å². The zero-order valence-electron chi connectivity index (χ0n) is 13.9. The summed E-state index contributed by atoms with van der Waals surface area (Å²) in [5.41, 5.74) is 2.50. The number of fused-ring (bicyclic) bond motifs is 3. The molecule has 2 atom stereocenters. The summed E-state index contributed by atoms with van der Waals surface area (Å²) in [5.74, 6) is -0.203. The first-order valence-corrected chi connectivity index (χ1v) is 9.08. The highest BCUT2D eigenvalue weighted by molar-refractivity contribution is 5.95. The monoisotopic (exact) mass is 328 g/mol. The Morgan fingerprint density at radius 2 is 1.92 bits per heavy atom. The Bertz CT molecular complexity index is 645. The predicted octanol–water partition coefficient (Wildman–Crippen LogP) is 2.98. The minimum atomic E-state index is -0.476. The van der Waals surface area contributed by atoms with Crippen LogP contribution in [0.5, 0.6) is 0 Å². The molecule has 0 aromatic heterocycles. The fraction of sp³-hybridized carbons (Fsp3) is 0.579. The number of hydrogen-bond donors (Lipinski definition) is 0. The van der Waals surface area contributed by atoms with Crippen molar-refractivity contribution in [2.45, 2.75) is 44.6 Å². The van der Waals surface area contributed by atoms with Crippen LogP contribution in [0, 0.1) is 5.92 Å². The Hall–Kier alpha value is -2.04. The van der Waals surface area contributed by atoms with E-state index in [2.05, 4.69) is 23.1 Å². The van der Waals surface area contributed by atoms with Crippen molar-refractivity contribution in [1.29, 1.82) is 0 Å². The number of benzene rings is 1. The number of amides is 2. The molecule has 1 aromatic rings. The molecule has 1 aromatic carbocycles. The number of carbonyl (C=O) groups is 2. The van der Waals surface area contributed by atoms with Crippen molar-refractivity contribution in [3.8, 4) is 0 Å². The van der Waals surface area contributed by atoms with Crippen LogP contribution >= 0.6 is 0 Å². The van der Waals surface area contributed by atoms with Crippen molar-refractivity contribution >= 4 is 17.7 Å². The van der Waals surface area contributed by atoms with Crippen molar-refractivity contribution in [2.24, 2.45) is 5.92 Å². The lowest BCUT2D eigenvalue weighted by molar-refractivity contribution is -0.132. The molecule has 0 unspecified atom stereocenters. The molecule has 3 aliphatic rings. The summed E-state index contributed by atoms with van der Waals surface area (Å²) in [7, 11) is 0. The van der Waals surface area contributed by atoms with Crippen LogP contribution < -0.4 is 4.90 Å². The Morgan fingerprint density at radius 1 is 1.08 bits per heavy atom. The molecular formula is C19H24N2O3. The predicted molar refractivity (Wildman–Crippen MR) is 90.9 cm³/mol. The third kappa shape index (κ3) is 2.66. The Kier molecular flexibility index (Phi) is 4.17. The number of cyclic esters (lactones) is 1. The maximum Gasteiger partial charge on any atom is 0.416 e. The lowest BCUT2D eigenvalue weighted by Crippen LogP contribution is -2.53. The van der Waals surface area contributed by atoms with Crippen molar-refractivity contribution in [3.63, 3.8) is 0 Å². The second-order valence-corrected chi connectivity index (χ2v) is 7.01. The van der Waals surface area contributed by atoms with E-state index in [0.29, 0.717) is 13.2 Å². The van der Waals surface area contributed by atoms with Crippen molar-refractivity contribution in [2.75, 3.05) is 24.6 Å². The van der Waals surface area contributed by atoms with Gasteiger partial charge in [0, 0.05) is 18.3 Å². The van der Waals surface area contributed by atoms with Gasteiger partial charge in [0.1, 0.15) is 6.61 Å². The highest BCUT2D eigenvalue weighted by Crippen LogP contribution is 2.38. The lowest BCUT2D eigenvalue weighted by atomic mass is 9.81. The van der Waals surface area contributed by atoms with E-state index >= 15 is 0 Å². The van der Waals surface area contributed by atoms with E-state index in [1.165, 1.54) is 29.0 Å². The number of anilines is 1. The second kappa shape index (κ2) is 6.46. The third-order valence-electron chi connectivity index (χ3n) is 5.60. The highest BCUT2D eigenvalue weighted by atomic mass is 16.6. The zero-order valence-corrected chi connectivity index (χ0v) is 13.9. The van der Waals surface area contributed by atoms with Gasteiger partial charge in [0.15, 0.2) is 0 Å². The van der Waals surface area contributed by atoms with Gasteiger partial charge in [-0.15, -0.1) is 0 Å². The molecule has 24 heavy (non-hydrogen) atoms. The normalized spacial score (nSPS) is 26.9. The summed E-state index contributed by atoms with van der Waals surface area (Å²) >= 11 is 0. The molecular weight excluding hydrogens is 304 g/mol. The maximum absolute atomic E-state index is 13.1. The van der Waals surface area contributed by atoms with Gasteiger partial charge in [-0.05, 0) is 30.9 Å². The third-order valence-corrected chi connectivity index (χ3v) is 5.60. The van der Waals surface area contributed by atoms with Crippen molar-refractivity contribution in [1.82, 2.24) is 4.90 Å². The molecule has 0 bridgehead atoms. The largest absolute Gasteiger partial charge is 0.447 e. The van der Waals surface area contributed by atoms with Gasteiger partial charge in [-0.3, -0.25) is 4.79 Å². The summed E-state index contributed by atoms with van der Waals surface area (Å²) in [4.78, 5) is 28.7. The standard InChI is InChI=1S/C19H24N2O3/c22-18(21-11-12-24-19(21)23)15-13-14-7-4-5-8-16(14)20-10-6-2-1-3-9-17(15)20/h4-5,7-8,15,17H,1-3,6,9-13H2/t15-,17+/m1/s1. The van der Waals surface area contributed by atoms with Gasteiger partial charge in [0.05, 0.1) is 12.5 Å². The summed E-state index contributed by atoms with van der Waals surface area (Å²) < 4.78 is 4.98. The van der Waals surface area contributed by atoms with Crippen molar-refractivity contribution < 1.29 is 14.3 Å². The summed E-state index contributed by atoms with van der Waals surface area (Å²) in [6, 6.07) is 8.60. The Morgan fingerprint density at radius 3 is 2.75 bits per heavy atom. The minimum absolute atomic E-state index is 0.0532. The molecule has 128 valence electrons. The SMILES string of the molecule is O=C1OCCN1C(=O)[C@@H]1Cc2ccccc2N2CCCCCC[C@@H]12. The summed E-state index contributed by atoms with van der Waals surface area (Å²) in [6.07, 6.45) is 6.07. The molecule has 5 nitrogen and oxygen atoms in total. The molecule has 0 spiro atoms. The van der Waals surface area contributed by atoms with Gasteiger partial charge in [0.2, 0.25) is 5.91 Å². The number of nitrogens with zero attached hydrogens (tertiary/aromatic N) is 2. The summed E-state index contributed by atoms with van der Waals surface area (Å²) in [6.45, 7) is 1.71. The average molecular weight is 328 g/mol. The number of carbonyl (C=O) groups excluding carboxylic acids is 2. The molecule has 0 N–H and O–H groups in total. The molecule has 2 saturated heterocycles. The van der Waals surface area contributed by atoms with Gasteiger partial charge in [0.25, 0.3) is 0 Å². The molecule has 5 heteroatoms. The van der Waals surface area contributed by atoms with Crippen LogP contribution in [0.15, 0.2) is 24.3 Å². The van der Waals surface area contributed by atoms with Gasteiger partial charge >= 0.3 is 6.09 Å². The van der Waals surface area contributed by atoms with E-state index in [4.69, 9.17) is 4.74 Å². The number of rotatable bonds is 1. The van der Waals surface area contributed by atoms with Crippen LogP contribution in [-0.4, -0.2) is 42.6 Å². The number of ether oxygens (including phenoxy) is 1. The Labute approximate surface area is 142 Å². The van der Waals surface area contributed by atoms with Crippen LogP contribution in [0.3, 0.4) is 0 Å². The quantitative estimate of drug-likeness (QED) is 0.795. The van der Waals surface area contributed by atoms with E-state index in [1.807, 2.05) is 6.07 Å². The first-order valence-electron chi connectivity index (χ1n) is 9.08. The van der Waals surface area contributed by atoms with E-state index < -0.39 is 6.09 Å². The fourth-order valence-corrected chi connectivity index (χ4v) is 4.41. The van der Waals surface area contributed by atoms with Crippen LogP contribution in [0.25, 0.3) is 0 Å². The number of imide groups is 1. The van der Waals surface area contributed by atoms with Gasteiger partial charge in [-0.2, -0.15) is 0 Å². The van der Waals surface area contributed by atoms with Crippen molar-refractivity contribution in [3.05, 3.63) is 29.8 Å². The minimum Gasteiger partial charge on any atom is -0.447 e. The molecule has 0 aliphatic carbocycles. The number of para-hydroxylation sites is 1. The molecule has 2 amide bonds. The average Bonchev–Trinajstić information content (AvgIpc) is 2.99. The van der Waals surface area contributed by atoms with E-state index in [1.54, 1.807) is 0 Å².